The first-order chi connectivity index (χ1) is 9.08. The molecule has 3 N–H and O–H groups in total. The number of nitrogens with zero attached hydrogens (tertiary/aromatic N) is 1. The normalized spacial score (nSPS) is 13.8. The average Bonchev–Trinajstić information content (AvgIpc) is 2.36. The first-order valence-electron chi connectivity index (χ1n) is 6.97. The van der Waals surface area contributed by atoms with E-state index in [0.29, 0.717) is 5.92 Å². The molecule has 104 valence electrons. The van der Waals surface area contributed by atoms with Crippen LogP contribution in [0.1, 0.15) is 25.8 Å². The van der Waals surface area contributed by atoms with Crippen LogP contribution < -0.4 is 16.0 Å². The number of nitrogens with two attached hydrogens (primary N) is 1. The second-order valence-corrected chi connectivity index (χ2v) is 5.58. The summed E-state index contributed by atoms with van der Waals surface area (Å²) in [6, 6.07) is 6.29. The molecular weight excluding hydrogens is 238 g/mol. The quantitative estimate of drug-likeness (QED) is 0.852. The highest BCUT2D eigenvalue weighted by atomic mass is 16.1. The summed E-state index contributed by atoms with van der Waals surface area (Å²) in [6.07, 6.45) is 2.26. The highest BCUT2D eigenvalue weighted by Gasteiger charge is 2.18. The number of primary amides is 1. The van der Waals surface area contributed by atoms with Gasteiger partial charge in [-0.2, -0.15) is 0 Å². The number of carbonyl (C=O) groups excluding carboxylic acids is 1. The number of carbonyl (C=O) groups is 1. The van der Waals surface area contributed by atoms with Crippen molar-refractivity contribution < 1.29 is 4.79 Å². The van der Waals surface area contributed by atoms with Crippen molar-refractivity contribution in [2.75, 3.05) is 29.9 Å². The Morgan fingerprint density at radius 2 is 2.26 bits per heavy atom. The first kappa shape index (κ1) is 13.7. The lowest BCUT2D eigenvalue weighted by Gasteiger charge is -2.30. The standard InChI is InChI=1S/C15H23N3O/c1-11(2)9-18(10-14(16)19)13-7-3-5-12-6-4-8-17-15(12)13/h3,5,7,11,17H,4,6,8-10H2,1-2H3,(H2,16,19). The largest absolute Gasteiger partial charge is 0.383 e. The monoisotopic (exact) mass is 261 g/mol. The summed E-state index contributed by atoms with van der Waals surface area (Å²) in [6.45, 7) is 6.40. The molecule has 1 aromatic rings. The van der Waals surface area contributed by atoms with Crippen molar-refractivity contribution in [1.29, 1.82) is 0 Å². The molecule has 1 amide bonds. The predicted molar refractivity (Wildman–Crippen MR) is 79.5 cm³/mol. The Balaban J connectivity index is 2.32. The summed E-state index contributed by atoms with van der Waals surface area (Å²) in [5, 5.41) is 3.46. The van der Waals surface area contributed by atoms with Crippen LogP contribution in [0.25, 0.3) is 0 Å². The molecule has 2 rings (SSSR count). The van der Waals surface area contributed by atoms with Crippen molar-refractivity contribution in [3.63, 3.8) is 0 Å². The van der Waals surface area contributed by atoms with Crippen LogP contribution in [0.15, 0.2) is 18.2 Å². The van der Waals surface area contributed by atoms with Crippen molar-refractivity contribution in [3.8, 4) is 0 Å². The van der Waals surface area contributed by atoms with Crippen LogP contribution in [-0.2, 0) is 11.2 Å². The zero-order valence-electron chi connectivity index (χ0n) is 11.8. The first-order valence-corrected chi connectivity index (χ1v) is 6.97. The predicted octanol–water partition coefficient (Wildman–Crippen LogP) is 1.99. The number of hydrogen-bond donors (Lipinski definition) is 2. The van der Waals surface area contributed by atoms with Gasteiger partial charge in [-0.25, -0.2) is 0 Å². The van der Waals surface area contributed by atoms with Gasteiger partial charge in [-0.15, -0.1) is 0 Å². The Labute approximate surface area is 115 Å². The van der Waals surface area contributed by atoms with E-state index in [1.807, 2.05) is 0 Å². The van der Waals surface area contributed by atoms with Gasteiger partial charge in [0.05, 0.1) is 17.9 Å². The molecule has 0 spiro atoms. The molecule has 0 saturated carbocycles. The third-order valence-corrected chi connectivity index (χ3v) is 3.33. The van der Waals surface area contributed by atoms with E-state index in [0.717, 1.165) is 31.6 Å². The molecule has 0 bridgehead atoms. The van der Waals surface area contributed by atoms with Gasteiger partial charge in [0.2, 0.25) is 5.91 Å². The smallest absolute Gasteiger partial charge is 0.236 e. The number of amides is 1. The van der Waals surface area contributed by atoms with Gasteiger partial charge < -0.3 is 16.0 Å². The third kappa shape index (κ3) is 3.40. The van der Waals surface area contributed by atoms with E-state index in [-0.39, 0.29) is 12.5 Å². The van der Waals surface area contributed by atoms with Crippen molar-refractivity contribution in [1.82, 2.24) is 0 Å². The molecule has 0 atom stereocenters. The molecule has 0 radical (unpaired) electrons. The van der Waals surface area contributed by atoms with Gasteiger partial charge in [-0.05, 0) is 30.4 Å². The molecule has 1 aliphatic rings. The molecule has 0 unspecified atom stereocenters. The minimum absolute atomic E-state index is 0.274. The van der Waals surface area contributed by atoms with Gasteiger partial charge in [0, 0.05) is 13.1 Å². The molecule has 19 heavy (non-hydrogen) atoms. The summed E-state index contributed by atoms with van der Waals surface area (Å²) < 4.78 is 0. The van der Waals surface area contributed by atoms with Crippen LogP contribution in [0.4, 0.5) is 11.4 Å². The van der Waals surface area contributed by atoms with Crippen molar-refractivity contribution >= 4 is 17.3 Å². The molecule has 1 aromatic carbocycles. The third-order valence-electron chi connectivity index (χ3n) is 3.33. The number of hydrogen-bond acceptors (Lipinski definition) is 3. The maximum atomic E-state index is 11.3. The fourth-order valence-electron chi connectivity index (χ4n) is 2.63. The maximum absolute atomic E-state index is 11.3. The van der Waals surface area contributed by atoms with Gasteiger partial charge >= 0.3 is 0 Å². The molecule has 0 saturated heterocycles. The number of nitrogens with one attached hydrogen (secondary N) is 1. The molecule has 0 fully saturated rings. The van der Waals surface area contributed by atoms with Gasteiger partial charge in [0.25, 0.3) is 0 Å². The Morgan fingerprint density at radius 3 is 2.95 bits per heavy atom. The van der Waals surface area contributed by atoms with E-state index in [2.05, 4.69) is 42.3 Å². The summed E-state index contributed by atoms with van der Waals surface area (Å²) >= 11 is 0. The summed E-state index contributed by atoms with van der Waals surface area (Å²) in [5.41, 5.74) is 8.99. The highest BCUT2D eigenvalue weighted by molar-refractivity contribution is 5.83. The number of para-hydroxylation sites is 1. The van der Waals surface area contributed by atoms with Crippen LogP contribution >= 0.6 is 0 Å². The van der Waals surface area contributed by atoms with E-state index >= 15 is 0 Å². The molecule has 0 aromatic heterocycles. The van der Waals surface area contributed by atoms with E-state index in [9.17, 15) is 4.79 Å². The zero-order valence-corrected chi connectivity index (χ0v) is 11.8. The summed E-state index contributed by atoms with van der Waals surface area (Å²) in [4.78, 5) is 13.4. The van der Waals surface area contributed by atoms with E-state index in [1.54, 1.807) is 0 Å². The number of anilines is 2. The molecular formula is C15H23N3O. The van der Waals surface area contributed by atoms with E-state index < -0.39 is 0 Å². The molecule has 1 heterocycles. The lowest BCUT2D eigenvalue weighted by molar-refractivity contribution is -0.116. The Morgan fingerprint density at radius 1 is 1.47 bits per heavy atom. The Kier molecular flexibility index (Phi) is 4.30. The van der Waals surface area contributed by atoms with E-state index in [4.69, 9.17) is 5.73 Å². The molecule has 4 heteroatoms. The number of rotatable bonds is 5. The Bertz CT molecular complexity index is 457. The second kappa shape index (κ2) is 5.95. The minimum atomic E-state index is -0.283. The Hall–Kier alpha value is -1.71. The van der Waals surface area contributed by atoms with E-state index in [1.165, 1.54) is 11.3 Å². The summed E-state index contributed by atoms with van der Waals surface area (Å²) in [7, 11) is 0. The minimum Gasteiger partial charge on any atom is -0.383 e. The van der Waals surface area contributed by atoms with Crippen molar-refractivity contribution in [2.45, 2.75) is 26.7 Å². The topological polar surface area (TPSA) is 58.4 Å². The SMILES string of the molecule is CC(C)CN(CC(N)=O)c1cccc2c1NCCC2. The lowest BCUT2D eigenvalue weighted by atomic mass is 10.0. The highest BCUT2D eigenvalue weighted by Crippen LogP contribution is 2.33. The lowest BCUT2D eigenvalue weighted by Crippen LogP contribution is -2.37. The van der Waals surface area contributed by atoms with Crippen molar-refractivity contribution in [2.24, 2.45) is 11.7 Å². The van der Waals surface area contributed by atoms with Gasteiger partial charge in [0.1, 0.15) is 0 Å². The fourth-order valence-corrected chi connectivity index (χ4v) is 2.63. The molecule has 0 aliphatic carbocycles. The zero-order chi connectivity index (χ0) is 13.8. The van der Waals surface area contributed by atoms with Gasteiger partial charge in [-0.3, -0.25) is 4.79 Å². The number of fused-ring (bicyclic) bond motifs is 1. The molecule has 4 nitrogen and oxygen atoms in total. The molecule has 1 aliphatic heterocycles. The second-order valence-electron chi connectivity index (χ2n) is 5.58. The van der Waals surface area contributed by atoms with Crippen molar-refractivity contribution in [3.05, 3.63) is 23.8 Å². The van der Waals surface area contributed by atoms with Gasteiger partial charge in [-0.1, -0.05) is 26.0 Å². The average molecular weight is 261 g/mol. The van der Waals surface area contributed by atoms with Crippen LogP contribution in [0, 0.1) is 5.92 Å². The van der Waals surface area contributed by atoms with Crippen LogP contribution in [-0.4, -0.2) is 25.5 Å². The number of benzene rings is 1. The van der Waals surface area contributed by atoms with Crippen LogP contribution in [0.2, 0.25) is 0 Å². The fraction of sp³-hybridized carbons (Fsp3) is 0.533. The van der Waals surface area contributed by atoms with Gasteiger partial charge in [0.15, 0.2) is 0 Å². The summed E-state index contributed by atoms with van der Waals surface area (Å²) in [5.74, 6) is 0.202. The number of aryl methyl sites for hydroxylation is 1. The van der Waals surface area contributed by atoms with Crippen LogP contribution in [0.3, 0.4) is 0 Å². The maximum Gasteiger partial charge on any atom is 0.236 e. The van der Waals surface area contributed by atoms with Crippen LogP contribution in [0.5, 0.6) is 0 Å².